The molecule has 1 aliphatic heterocycles. The van der Waals surface area contributed by atoms with E-state index in [4.69, 9.17) is 0 Å². The number of hydrogen-bond acceptors (Lipinski definition) is 3. The SMILES string of the molecule is Cc1ccc(S(=O)(=O)NC2CCN(C3CC3)CC2)cc1C(F)(F)F. The summed E-state index contributed by atoms with van der Waals surface area (Å²) < 4.78 is 66.4. The molecule has 0 amide bonds. The molecule has 0 atom stereocenters. The summed E-state index contributed by atoms with van der Waals surface area (Å²) in [6, 6.07) is 3.57. The number of benzene rings is 1. The number of aryl methyl sites for hydroxylation is 1. The van der Waals surface area contributed by atoms with Gasteiger partial charge in [-0.15, -0.1) is 0 Å². The highest BCUT2D eigenvalue weighted by Crippen LogP contribution is 2.33. The van der Waals surface area contributed by atoms with E-state index in [9.17, 15) is 21.6 Å². The van der Waals surface area contributed by atoms with Gasteiger partial charge in [-0.05, 0) is 63.4 Å². The van der Waals surface area contributed by atoms with Crippen molar-refractivity contribution in [1.29, 1.82) is 0 Å². The highest BCUT2D eigenvalue weighted by Gasteiger charge is 2.35. The van der Waals surface area contributed by atoms with E-state index in [1.54, 1.807) is 0 Å². The molecule has 2 fully saturated rings. The second-order valence-corrected chi connectivity index (χ2v) is 8.35. The average molecular weight is 362 g/mol. The van der Waals surface area contributed by atoms with Crippen molar-refractivity contribution in [2.24, 2.45) is 0 Å². The van der Waals surface area contributed by atoms with Crippen LogP contribution in [0.2, 0.25) is 0 Å². The van der Waals surface area contributed by atoms with Gasteiger partial charge in [0.1, 0.15) is 0 Å². The molecule has 4 nitrogen and oxygen atoms in total. The van der Waals surface area contributed by atoms with Gasteiger partial charge in [-0.25, -0.2) is 13.1 Å². The van der Waals surface area contributed by atoms with Crippen LogP contribution in [0, 0.1) is 6.92 Å². The molecule has 0 radical (unpaired) electrons. The quantitative estimate of drug-likeness (QED) is 0.896. The van der Waals surface area contributed by atoms with Crippen molar-refractivity contribution in [3.8, 4) is 0 Å². The third kappa shape index (κ3) is 3.92. The molecule has 1 aliphatic carbocycles. The lowest BCUT2D eigenvalue weighted by Crippen LogP contribution is -2.45. The maximum absolute atomic E-state index is 13.0. The number of hydrogen-bond donors (Lipinski definition) is 1. The number of nitrogens with one attached hydrogen (secondary N) is 1. The Kier molecular flexibility index (Phi) is 4.65. The maximum atomic E-state index is 13.0. The van der Waals surface area contributed by atoms with Gasteiger partial charge in [0.05, 0.1) is 10.5 Å². The zero-order chi connectivity index (χ0) is 17.5. The van der Waals surface area contributed by atoms with Crippen molar-refractivity contribution in [3.05, 3.63) is 29.3 Å². The van der Waals surface area contributed by atoms with Crippen molar-refractivity contribution in [1.82, 2.24) is 9.62 Å². The van der Waals surface area contributed by atoms with Crippen LogP contribution in [0.1, 0.15) is 36.8 Å². The Hall–Kier alpha value is -1.12. The van der Waals surface area contributed by atoms with Crippen LogP contribution in [0.25, 0.3) is 0 Å². The fourth-order valence-electron chi connectivity index (χ4n) is 3.18. The molecule has 1 aromatic carbocycles. The lowest BCUT2D eigenvalue weighted by atomic mass is 10.1. The van der Waals surface area contributed by atoms with Crippen molar-refractivity contribution < 1.29 is 21.6 Å². The summed E-state index contributed by atoms with van der Waals surface area (Å²) in [5.74, 6) is 0. The molecule has 1 aromatic rings. The number of sulfonamides is 1. The molecule has 2 aliphatic rings. The first kappa shape index (κ1) is 17.7. The van der Waals surface area contributed by atoms with E-state index in [1.807, 2.05) is 0 Å². The van der Waals surface area contributed by atoms with Crippen LogP contribution in [0.3, 0.4) is 0 Å². The molecule has 1 saturated heterocycles. The van der Waals surface area contributed by atoms with Gasteiger partial charge in [0, 0.05) is 12.1 Å². The van der Waals surface area contributed by atoms with Gasteiger partial charge in [-0.1, -0.05) is 6.07 Å². The Morgan fingerprint density at radius 1 is 1.12 bits per heavy atom. The molecule has 8 heteroatoms. The second kappa shape index (κ2) is 6.31. The van der Waals surface area contributed by atoms with Gasteiger partial charge in [-0.2, -0.15) is 13.2 Å². The van der Waals surface area contributed by atoms with E-state index in [0.717, 1.165) is 19.2 Å². The molecule has 3 rings (SSSR count). The topological polar surface area (TPSA) is 49.4 Å². The third-order valence-electron chi connectivity index (χ3n) is 4.74. The summed E-state index contributed by atoms with van der Waals surface area (Å²) in [6.07, 6.45) is -0.771. The summed E-state index contributed by atoms with van der Waals surface area (Å²) in [7, 11) is -3.95. The largest absolute Gasteiger partial charge is 0.416 e. The van der Waals surface area contributed by atoms with Gasteiger partial charge >= 0.3 is 6.18 Å². The van der Waals surface area contributed by atoms with Crippen molar-refractivity contribution in [3.63, 3.8) is 0 Å². The third-order valence-corrected chi connectivity index (χ3v) is 6.26. The Labute approximate surface area is 140 Å². The van der Waals surface area contributed by atoms with Gasteiger partial charge < -0.3 is 4.90 Å². The summed E-state index contributed by atoms with van der Waals surface area (Å²) in [5.41, 5.74) is -0.895. The average Bonchev–Trinajstić information content (AvgIpc) is 3.31. The van der Waals surface area contributed by atoms with Gasteiger partial charge in [0.2, 0.25) is 10.0 Å². The fourth-order valence-corrected chi connectivity index (χ4v) is 4.51. The van der Waals surface area contributed by atoms with Gasteiger partial charge in [0.15, 0.2) is 0 Å². The molecular weight excluding hydrogens is 341 g/mol. The van der Waals surface area contributed by atoms with E-state index in [0.29, 0.717) is 18.9 Å². The predicted octanol–water partition coefficient (Wildman–Crippen LogP) is 2.92. The highest BCUT2D eigenvalue weighted by molar-refractivity contribution is 7.89. The van der Waals surface area contributed by atoms with E-state index < -0.39 is 21.8 Å². The molecule has 1 N–H and O–H groups in total. The normalized spacial score (nSPS) is 21.2. The Morgan fingerprint density at radius 2 is 1.75 bits per heavy atom. The number of nitrogens with zero attached hydrogens (tertiary/aromatic N) is 1. The van der Waals surface area contributed by atoms with Gasteiger partial charge in [-0.3, -0.25) is 0 Å². The van der Waals surface area contributed by atoms with Crippen LogP contribution >= 0.6 is 0 Å². The Morgan fingerprint density at radius 3 is 2.29 bits per heavy atom. The number of halogens is 3. The summed E-state index contributed by atoms with van der Waals surface area (Å²) in [6.45, 7) is 2.99. The fraction of sp³-hybridized carbons (Fsp3) is 0.625. The summed E-state index contributed by atoms with van der Waals surface area (Å²) in [4.78, 5) is 2.03. The Bertz CT molecular complexity index is 707. The van der Waals surface area contributed by atoms with Gasteiger partial charge in [0.25, 0.3) is 0 Å². The van der Waals surface area contributed by atoms with E-state index >= 15 is 0 Å². The molecule has 0 spiro atoms. The zero-order valence-electron chi connectivity index (χ0n) is 13.4. The Balaban J connectivity index is 1.71. The van der Waals surface area contributed by atoms with Crippen LogP contribution in [0.4, 0.5) is 13.2 Å². The van der Waals surface area contributed by atoms with E-state index in [-0.39, 0.29) is 16.5 Å². The second-order valence-electron chi connectivity index (χ2n) is 6.64. The molecule has 24 heavy (non-hydrogen) atoms. The zero-order valence-corrected chi connectivity index (χ0v) is 14.3. The molecule has 0 unspecified atom stereocenters. The lowest BCUT2D eigenvalue weighted by molar-refractivity contribution is -0.138. The monoisotopic (exact) mass is 362 g/mol. The smallest absolute Gasteiger partial charge is 0.300 e. The number of likely N-dealkylation sites (tertiary alicyclic amines) is 1. The standard InChI is InChI=1S/C16H21F3N2O2S/c1-11-2-5-14(10-15(11)16(17,18)19)24(22,23)20-12-6-8-21(9-7-12)13-3-4-13/h2,5,10,12-13,20H,3-4,6-9H2,1H3. The van der Waals surface area contributed by atoms with E-state index in [1.165, 1.54) is 31.9 Å². The van der Waals surface area contributed by atoms with E-state index in [2.05, 4.69) is 9.62 Å². The minimum Gasteiger partial charge on any atom is -0.300 e. The first-order valence-electron chi connectivity index (χ1n) is 8.11. The van der Waals surface area contributed by atoms with Crippen molar-refractivity contribution in [2.45, 2.75) is 55.8 Å². The van der Waals surface area contributed by atoms with Crippen LogP contribution in [0.15, 0.2) is 23.1 Å². The maximum Gasteiger partial charge on any atom is 0.416 e. The first-order chi connectivity index (χ1) is 11.2. The minimum absolute atomic E-state index is 0.0131. The molecular formula is C16H21F3N2O2S. The number of rotatable bonds is 4. The van der Waals surface area contributed by atoms with Crippen LogP contribution in [0.5, 0.6) is 0 Å². The van der Waals surface area contributed by atoms with Crippen LogP contribution in [-0.4, -0.2) is 38.5 Å². The highest BCUT2D eigenvalue weighted by atomic mass is 32.2. The predicted molar refractivity (Wildman–Crippen MR) is 84.1 cm³/mol. The minimum atomic E-state index is -4.56. The first-order valence-corrected chi connectivity index (χ1v) is 9.59. The molecule has 134 valence electrons. The molecule has 1 heterocycles. The molecule has 0 bridgehead atoms. The number of alkyl halides is 3. The number of piperidine rings is 1. The summed E-state index contributed by atoms with van der Waals surface area (Å²) >= 11 is 0. The van der Waals surface area contributed by atoms with Crippen molar-refractivity contribution in [2.75, 3.05) is 13.1 Å². The molecule has 1 saturated carbocycles. The lowest BCUT2D eigenvalue weighted by Gasteiger charge is -2.32. The van der Waals surface area contributed by atoms with Crippen molar-refractivity contribution >= 4 is 10.0 Å². The molecule has 0 aromatic heterocycles. The summed E-state index contributed by atoms with van der Waals surface area (Å²) in [5, 5.41) is 0. The van der Waals surface area contributed by atoms with Crippen LogP contribution < -0.4 is 4.72 Å². The van der Waals surface area contributed by atoms with Crippen LogP contribution in [-0.2, 0) is 16.2 Å².